The molecule has 0 bridgehead atoms. The monoisotopic (exact) mass is 474 g/mol. The molecule has 170 valence electrons. The van der Waals surface area contributed by atoms with Gasteiger partial charge in [0.25, 0.3) is 5.95 Å². The molecule has 0 spiro atoms. The van der Waals surface area contributed by atoms with Crippen LogP contribution < -0.4 is 11.1 Å². The highest BCUT2D eigenvalue weighted by Gasteiger charge is 2.42. The Kier molecular flexibility index (Phi) is 4.77. The number of aliphatic hydroxyl groups excluding tert-OH is 1. The smallest absolute Gasteiger partial charge is 0.255 e. The number of nitrogens with two attached hydrogens (primary N) is 1. The zero-order valence-corrected chi connectivity index (χ0v) is 18.3. The number of anilines is 2. The molecule has 0 saturated carbocycles. The van der Waals surface area contributed by atoms with Crippen LogP contribution in [0.15, 0.2) is 30.3 Å². The third-order valence-electron chi connectivity index (χ3n) is 5.92. The Morgan fingerprint density at radius 3 is 2.64 bits per heavy atom. The second kappa shape index (κ2) is 7.32. The fraction of sp³-hybridized carbons (Fsp3) is 0.227. The average Bonchev–Trinajstić information content (AvgIpc) is 3.22. The molecule has 7 nitrogen and oxygen atoms in total. The Hall–Kier alpha value is -3.37. The lowest BCUT2D eigenvalue weighted by Gasteiger charge is -2.22. The third kappa shape index (κ3) is 3.28. The Balaban J connectivity index is 1.69. The van der Waals surface area contributed by atoms with E-state index in [0.29, 0.717) is 27.3 Å². The number of aliphatic hydroxyl groups is 1. The largest absolute Gasteiger partial charge is 0.383 e. The summed E-state index contributed by atoms with van der Waals surface area (Å²) in [6.07, 6.45) is -1.24. The number of nitrogens with zero attached hydrogens (tertiary/aromatic N) is 4. The van der Waals surface area contributed by atoms with Crippen LogP contribution in [0.5, 0.6) is 0 Å². The Bertz CT molecular complexity index is 1440. The molecular weight excluding hydrogens is 457 g/mol. The second-order valence-electron chi connectivity index (χ2n) is 8.42. The molecule has 33 heavy (non-hydrogen) atoms. The molecular formula is C22H18ClF3N6O. The van der Waals surface area contributed by atoms with Crippen LogP contribution in [0.3, 0.4) is 0 Å². The van der Waals surface area contributed by atoms with Crippen LogP contribution >= 0.6 is 11.6 Å². The summed E-state index contributed by atoms with van der Waals surface area (Å²) in [4.78, 5) is 8.83. The van der Waals surface area contributed by atoms with Crippen molar-refractivity contribution in [1.82, 2.24) is 19.7 Å². The molecule has 4 N–H and O–H groups in total. The molecule has 0 fully saturated rings. The summed E-state index contributed by atoms with van der Waals surface area (Å²) in [7, 11) is 0. The standard InChI is InChI=1S/C22H18ClF3N6O/c1-22(2)16-18(27)28-21(30-19(16)29-20(22)33)32-15-6-3-9(23)7-11(15)14(31-32)8-10-12(24)4-5-13(25)17(10)26/h3-7,20,33H,8H2,1-2H3,(H3,27,28,29,30). The Morgan fingerprint density at radius 1 is 1.15 bits per heavy atom. The van der Waals surface area contributed by atoms with Crippen molar-refractivity contribution in [3.05, 3.63) is 69.6 Å². The minimum Gasteiger partial charge on any atom is -0.383 e. The molecule has 1 aliphatic rings. The highest BCUT2D eigenvalue weighted by atomic mass is 35.5. The highest BCUT2D eigenvalue weighted by molar-refractivity contribution is 6.31. The van der Waals surface area contributed by atoms with Crippen molar-refractivity contribution >= 4 is 34.1 Å². The predicted octanol–water partition coefficient (Wildman–Crippen LogP) is 4.08. The van der Waals surface area contributed by atoms with Crippen molar-refractivity contribution < 1.29 is 18.3 Å². The summed E-state index contributed by atoms with van der Waals surface area (Å²) in [5, 5.41) is 18.5. The van der Waals surface area contributed by atoms with Gasteiger partial charge in [-0.15, -0.1) is 0 Å². The maximum absolute atomic E-state index is 14.3. The van der Waals surface area contributed by atoms with Crippen LogP contribution in [-0.2, 0) is 11.8 Å². The molecule has 3 heterocycles. The highest BCUT2D eigenvalue weighted by Crippen LogP contribution is 2.42. The number of rotatable bonds is 3. The van der Waals surface area contributed by atoms with Crippen LogP contribution in [-0.4, -0.2) is 31.1 Å². The van der Waals surface area contributed by atoms with Gasteiger partial charge in [0.1, 0.15) is 23.7 Å². The minimum absolute atomic E-state index is 0.0856. The summed E-state index contributed by atoms with van der Waals surface area (Å²) in [6.45, 7) is 3.61. The third-order valence-corrected chi connectivity index (χ3v) is 6.15. The number of nitrogen functional groups attached to an aromatic ring is 1. The molecule has 0 radical (unpaired) electrons. The first-order valence-electron chi connectivity index (χ1n) is 10.0. The van der Waals surface area contributed by atoms with E-state index in [1.54, 1.807) is 32.0 Å². The molecule has 2 aromatic heterocycles. The van der Waals surface area contributed by atoms with E-state index in [0.717, 1.165) is 12.1 Å². The van der Waals surface area contributed by atoms with E-state index in [2.05, 4.69) is 20.4 Å². The lowest BCUT2D eigenvalue weighted by molar-refractivity contribution is 0.137. The van der Waals surface area contributed by atoms with Crippen LogP contribution in [0.2, 0.25) is 5.02 Å². The van der Waals surface area contributed by atoms with E-state index >= 15 is 0 Å². The number of benzene rings is 2. The van der Waals surface area contributed by atoms with E-state index < -0.39 is 34.7 Å². The maximum atomic E-state index is 14.3. The van der Waals surface area contributed by atoms with Crippen LogP contribution in [0.25, 0.3) is 16.9 Å². The predicted molar refractivity (Wildman–Crippen MR) is 118 cm³/mol. The summed E-state index contributed by atoms with van der Waals surface area (Å²) in [6, 6.07) is 6.46. The van der Waals surface area contributed by atoms with E-state index in [9.17, 15) is 18.3 Å². The molecule has 0 saturated heterocycles. The van der Waals surface area contributed by atoms with Gasteiger partial charge >= 0.3 is 0 Å². The minimum atomic E-state index is -1.28. The number of halogens is 4. The zero-order valence-electron chi connectivity index (χ0n) is 17.5. The van der Waals surface area contributed by atoms with Crippen molar-refractivity contribution in [2.45, 2.75) is 31.9 Å². The van der Waals surface area contributed by atoms with Crippen molar-refractivity contribution in [1.29, 1.82) is 0 Å². The zero-order chi connectivity index (χ0) is 23.7. The fourth-order valence-corrected chi connectivity index (χ4v) is 4.25. The number of hydrogen-bond donors (Lipinski definition) is 3. The molecule has 1 atom stereocenters. The summed E-state index contributed by atoms with van der Waals surface area (Å²) >= 11 is 6.15. The topological polar surface area (TPSA) is 102 Å². The average molecular weight is 475 g/mol. The van der Waals surface area contributed by atoms with Gasteiger partial charge in [-0.1, -0.05) is 25.4 Å². The maximum Gasteiger partial charge on any atom is 0.255 e. The van der Waals surface area contributed by atoms with E-state index in [1.165, 1.54) is 4.68 Å². The number of fused-ring (bicyclic) bond motifs is 2. The van der Waals surface area contributed by atoms with Crippen molar-refractivity contribution in [2.24, 2.45) is 0 Å². The van der Waals surface area contributed by atoms with Gasteiger partial charge in [-0.3, -0.25) is 0 Å². The summed E-state index contributed by atoms with van der Waals surface area (Å²) in [5.41, 5.74) is 6.35. The van der Waals surface area contributed by atoms with Gasteiger partial charge in [0.2, 0.25) is 0 Å². The first kappa shape index (κ1) is 21.5. The van der Waals surface area contributed by atoms with E-state index in [4.69, 9.17) is 17.3 Å². The van der Waals surface area contributed by atoms with Gasteiger partial charge in [0.05, 0.1) is 11.2 Å². The van der Waals surface area contributed by atoms with Crippen molar-refractivity contribution in [3.8, 4) is 5.95 Å². The SMILES string of the molecule is CC1(C)c2c(N)nc(-n3nc(Cc4c(F)ccc(F)c4F)c4cc(Cl)ccc43)nc2NC1O. The molecule has 2 aromatic carbocycles. The van der Waals surface area contributed by atoms with Gasteiger partial charge in [-0.25, -0.2) is 13.2 Å². The molecule has 0 amide bonds. The molecule has 0 aliphatic carbocycles. The molecule has 11 heteroatoms. The van der Waals surface area contributed by atoms with Gasteiger partial charge in [-0.05, 0) is 30.3 Å². The first-order chi connectivity index (χ1) is 15.6. The van der Waals surface area contributed by atoms with E-state index in [-0.39, 0.29) is 23.9 Å². The molecule has 5 rings (SSSR count). The molecule has 1 aliphatic heterocycles. The quantitative estimate of drug-likeness (QED) is 0.387. The van der Waals surface area contributed by atoms with Gasteiger partial charge in [0.15, 0.2) is 11.6 Å². The first-order valence-corrected chi connectivity index (χ1v) is 10.4. The van der Waals surface area contributed by atoms with Gasteiger partial charge in [0, 0.05) is 33.4 Å². The number of aromatic nitrogens is 4. The van der Waals surface area contributed by atoms with Gasteiger partial charge in [-0.2, -0.15) is 19.7 Å². The summed E-state index contributed by atoms with van der Waals surface area (Å²) in [5.74, 6) is -2.73. The molecule has 1 unspecified atom stereocenters. The Labute approximate surface area is 191 Å². The second-order valence-corrected chi connectivity index (χ2v) is 8.86. The van der Waals surface area contributed by atoms with E-state index in [1.807, 2.05) is 0 Å². The fourth-order valence-electron chi connectivity index (χ4n) is 4.08. The Morgan fingerprint density at radius 2 is 1.88 bits per heavy atom. The van der Waals surface area contributed by atoms with Crippen molar-refractivity contribution in [3.63, 3.8) is 0 Å². The lowest BCUT2D eigenvalue weighted by atomic mass is 9.86. The number of hydrogen-bond acceptors (Lipinski definition) is 6. The van der Waals surface area contributed by atoms with Crippen LogP contribution in [0.4, 0.5) is 24.8 Å². The van der Waals surface area contributed by atoms with Gasteiger partial charge < -0.3 is 16.2 Å². The summed E-state index contributed by atoms with van der Waals surface area (Å²) < 4.78 is 43.7. The van der Waals surface area contributed by atoms with Crippen LogP contribution in [0, 0.1) is 17.5 Å². The number of nitrogens with one attached hydrogen (secondary N) is 1. The van der Waals surface area contributed by atoms with Crippen molar-refractivity contribution in [2.75, 3.05) is 11.1 Å². The lowest BCUT2D eigenvalue weighted by Crippen LogP contribution is -2.33. The van der Waals surface area contributed by atoms with Crippen LogP contribution in [0.1, 0.15) is 30.7 Å². The molecule has 4 aromatic rings. The normalized spacial score (nSPS) is 16.8.